The number of carboxylic acid groups (broad SMARTS) is 1. The van der Waals surface area contributed by atoms with Crippen LogP contribution in [0.5, 0.6) is 0 Å². The SMILES string of the molecule is Cc1ccc(Cl)cc1NC(=O)c1ccc(NC(=O)CCC(=O)[O-])cc1. The van der Waals surface area contributed by atoms with Gasteiger partial charge < -0.3 is 20.5 Å². The third-order valence-corrected chi connectivity index (χ3v) is 3.67. The largest absolute Gasteiger partial charge is 0.550 e. The average molecular weight is 360 g/mol. The number of carbonyl (C=O) groups is 3. The van der Waals surface area contributed by atoms with Gasteiger partial charge in [0.2, 0.25) is 5.91 Å². The van der Waals surface area contributed by atoms with E-state index in [-0.39, 0.29) is 18.7 Å². The van der Waals surface area contributed by atoms with Crippen LogP contribution >= 0.6 is 11.6 Å². The topological polar surface area (TPSA) is 98.3 Å². The summed E-state index contributed by atoms with van der Waals surface area (Å²) in [6, 6.07) is 11.5. The van der Waals surface area contributed by atoms with Crippen molar-refractivity contribution >= 4 is 40.8 Å². The van der Waals surface area contributed by atoms with Gasteiger partial charge in [-0.15, -0.1) is 0 Å². The summed E-state index contributed by atoms with van der Waals surface area (Å²) in [7, 11) is 0. The van der Waals surface area contributed by atoms with E-state index < -0.39 is 11.9 Å². The van der Waals surface area contributed by atoms with Crippen LogP contribution in [0.1, 0.15) is 28.8 Å². The summed E-state index contributed by atoms with van der Waals surface area (Å²) < 4.78 is 0. The highest BCUT2D eigenvalue weighted by atomic mass is 35.5. The van der Waals surface area contributed by atoms with Gasteiger partial charge in [-0.05, 0) is 55.3 Å². The molecular weight excluding hydrogens is 344 g/mol. The van der Waals surface area contributed by atoms with Crippen LogP contribution in [-0.2, 0) is 9.59 Å². The lowest BCUT2D eigenvalue weighted by Gasteiger charge is -2.10. The molecule has 0 bridgehead atoms. The van der Waals surface area contributed by atoms with Crippen molar-refractivity contribution in [3.63, 3.8) is 0 Å². The number of rotatable bonds is 6. The van der Waals surface area contributed by atoms with Crippen LogP contribution in [0.3, 0.4) is 0 Å². The molecule has 0 radical (unpaired) electrons. The minimum atomic E-state index is -1.28. The van der Waals surface area contributed by atoms with Gasteiger partial charge in [0.1, 0.15) is 0 Å². The van der Waals surface area contributed by atoms with Gasteiger partial charge in [0.15, 0.2) is 0 Å². The fraction of sp³-hybridized carbons (Fsp3) is 0.167. The van der Waals surface area contributed by atoms with Crippen molar-refractivity contribution in [1.82, 2.24) is 0 Å². The Bertz CT molecular complexity index is 803. The molecular formula is C18H16ClN2O4-. The van der Waals surface area contributed by atoms with Crippen LogP contribution in [0.15, 0.2) is 42.5 Å². The van der Waals surface area contributed by atoms with E-state index in [4.69, 9.17) is 11.6 Å². The number of aliphatic carboxylic acids is 1. The Balaban J connectivity index is 1.99. The molecule has 0 spiro atoms. The highest BCUT2D eigenvalue weighted by Gasteiger charge is 2.09. The van der Waals surface area contributed by atoms with Crippen molar-refractivity contribution in [2.75, 3.05) is 10.6 Å². The zero-order valence-corrected chi connectivity index (χ0v) is 14.2. The molecule has 0 aromatic heterocycles. The average Bonchev–Trinajstić information content (AvgIpc) is 2.57. The van der Waals surface area contributed by atoms with Crippen molar-refractivity contribution in [2.24, 2.45) is 0 Å². The van der Waals surface area contributed by atoms with E-state index in [2.05, 4.69) is 10.6 Å². The molecule has 130 valence electrons. The monoisotopic (exact) mass is 359 g/mol. The fourth-order valence-electron chi connectivity index (χ4n) is 2.07. The van der Waals surface area contributed by atoms with Crippen molar-refractivity contribution in [1.29, 1.82) is 0 Å². The van der Waals surface area contributed by atoms with Crippen LogP contribution in [0.2, 0.25) is 5.02 Å². The molecule has 2 aromatic rings. The Morgan fingerprint density at radius 3 is 2.32 bits per heavy atom. The molecule has 0 unspecified atom stereocenters. The van der Waals surface area contributed by atoms with Gasteiger partial charge in [-0.2, -0.15) is 0 Å². The third kappa shape index (κ3) is 5.61. The number of benzene rings is 2. The normalized spacial score (nSPS) is 10.2. The standard InChI is InChI=1S/C18H17ClN2O4/c1-11-2-5-13(19)10-15(11)21-18(25)12-3-6-14(7-4-12)20-16(22)8-9-17(23)24/h2-7,10H,8-9H2,1H3,(H,20,22)(H,21,25)(H,23,24)/p-1. The number of nitrogens with one attached hydrogen (secondary N) is 2. The Labute approximate surface area is 149 Å². The second kappa shape index (κ2) is 8.30. The molecule has 0 fully saturated rings. The van der Waals surface area contributed by atoms with E-state index in [9.17, 15) is 19.5 Å². The van der Waals surface area contributed by atoms with Gasteiger partial charge in [-0.3, -0.25) is 9.59 Å². The molecule has 2 aromatic carbocycles. The van der Waals surface area contributed by atoms with E-state index in [1.54, 1.807) is 36.4 Å². The zero-order valence-electron chi connectivity index (χ0n) is 13.5. The Kier molecular flexibility index (Phi) is 6.14. The van der Waals surface area contributed by atoms with Crippen LogP contribution in [0.4, 0.5) is 11.4 Å². The highest BCUT2D eigenvalue weighted by molar-refractivity contribution is 6.31. The molecule has 0 aliphatic carbocycles. The summed E-state index contributed by atoms with van der Waals surface area (Å²) in [4.78, 5) is 34.2. The van der Waals surface area contributed by atoms with E-state index in [0.29, 0.717) is 22.0 Å². The first-order chi connectivity index (χ1) is 11.8. The Morgan fingerprint density at radius 2 is 1.68 bits per heavy atom. The van der Waals surface area contributed by atoms with Gasteiger partial charge in [0.05, 0.1) is 0 Å². The van der Waals surface area contributed by atoms with Gasteiger partial charge in [0.25, 0.3) is 5.91 Å². The molecule has 0 heterocycles. The lowest BCUT2D eigenvalue weighted by molar-refractivity contribution is -0.305. The predicted octanol–water partition coefficient (Wildman–Crippen LogP) is 2.37. The molecule has 0 aliphatic rings. The minimum Gasteiger partial charge on any atom is -0.550 e. The maximum atomic E-state index is 12.3. The quantitative estimate of drug-likeness (QED) is 0.827. The number of hydrogen-bond donors (Lipinski definition) is 2. The molecule has 0 saturated heterocycles. The first-order valence-corrected chi connectivity index (χ1v) is 7.90. The maximum absolute atomic E-state index is 12.3. The smallest absolute Gasteiger partial charge is 0.255 e. The Hall–Kier alpha value is -2.86. The van der Waals surface area contributed by atoms with Crippen LogP contribution in [0.25, 0.3) is 0 Å². The molecule has 2 rings (SSSR count). The van der Waals surface area contributed by atoms with E-state index in [1.165, 1.54) is 0 Å². The van der Waals surface area contributed by atoms with Gasteiger partial charge >= 0.3 is 0 Å². The minimum absolute atomic E-state index is 0.168. The van der Waals surface area contributed by atoms with Crippen molar-refractivity contribution < 1.29 is 19.5 Å². The predicted molar refractivity (Wildman–Crippen MR) is 93.5 cm³/mol. The summed E-state index contributed by atoms with van der Waals surface area (Å²) in [5, 5.41) is 16.2. The number of hydrogen-bond acceptors (Lipinski definition) is 4. The van der Waals surface area contributed by atoms with E-state index in [1.807, 2.05) is 13.0 Å². The lowest BCUT2D eigenvalue weighted by Crippen LogP contribution is -2.24. The molecule has 25 heavy (non-hydrogen) atoms. The number of amides is 2. The molecule has 7 heteroatoms. The van der Waals surface area contributed by atoms with Gasteiger partial charge in [0, 0.05) is 34.4 Å². The Morgan fingerprint density at radius 1 is 1.00 bits per heavy atom. The van der Waals surface area contributed by atoms with Crippen LogP contribution < -0.4 is 15.7 Å². The van der Waals surface area contributed by atoms with Crippen molar-refractivity contribution in [3.8, 4) is 0 Å². The zero-order chi connectivity index (χ0) is 18.4. The molecule has 0 aliphatic heterocycles. The number of anilines is 2. The molecule has 2 N–H and O–H groups in total. The first kappa shape index (κ1) is 18.5. The molecule has 0 saturated carbocycles. The van der Waals surface area contributed by atoms with Crippen LogP contribution in [0, 0.1) is 6.92 Å². The lowest BCUT2D eigenvalue weighted by atomic mass is 10.1. The molecule has 2 amide bonds. The maximum Gasteiger partial charge on any atom is 0.255 e. The fourth-order valence-corrected chi connectivity index (χ4v) is 2.24. The van der Waals surface area contributed by atoms with Crippen molar-refractivity contribution in [2.45, 2.75) is 19.8 Å². The second-order valence-corrected chi connectivity index (χ2v) is 5.85. The first-order valence-electron chi connectivity index (χ1n) is 7.52. The van der Waals surface area contributed by atoms with E-state index in [0.717, 1.165) is 5.56 Å². The summed E-state index contributed by atoms with van der Waals surface area (Å²) in [5.41, 5.74) is 2.39. The van der Waals surface area contributed by atoms with Gasteiger partial charge in [-0.25, -0.2) is 0 Å². The number of carboxylic acids is 1. The summed E-state index contributed by atoms with van der Waals surface area (Å²) in [6.07, 6.45) is -0.510. The van der Waals surface area contributed by atoms with E-state index >= 15 is 0 Å². The summed E-state index contributed by atoms with van der Waals surface area (Å²) >= 11 is 5.93. The van der Waals surface area contributed by atoms with Crippen LogP contribution in [-0.4, -0.2) is 17.8 Å². The number of carbonyl (C=O) groups excluding carboxylic acids is 3. The van der Waals surface area contributed by atoms with Gasteiger partial charge in [-0.1, -0.05) is 17.7 Å². The summed E-state index contributed by atoms with van der Waals surface area (Å²) in [6.45, 7) is 1.86. The molecule has 6 nitrogen and oxygen atoms in total. The molecule has 0 atom stereocenters. The third-order valence-electron chi connectivity index (χ3n) is 3.43. The second-order valence-electron chi connectivity index (χ2n) is 5.41. The summed E-state index contributed by atoms with van der Waals surface area (Å²) in [5.74, 6) is -2.02. The number of aryl methyl sites for hydroxylation is 1. The number of halogens is 1. The van der Waals surface area contributed by atoms with Crippen molar-refractivity contribution in [3.05, 3.63) is 58.6 Å². The highest BCUT2D eigenvalue weighted by Crippen LogP contribution is 2.21.